The van der Waals surface area contributed by atoms with Gasteiger partial charge in [-0.25, -0.2) is 8.42 Å². The molecule has 0 spiro atoms. The van der Waals surface area contributed by atoms with E-state index in [1.807, 2.05) is 6.92 Å². The maximum absolute atomic E-state index is 14.3. The van der Waals surface area contributed by atoms with Gasteiger partial charge >= 0.3 is 0 Å². The van der Waals surface area contributed by atoms with Gasteiger partial charge in [-0.15, -0.1) is 0 Å². The molecule has 1 aliphatic rings. The van der Waals surface area contributed by atoms with Gasteiger partial charge in [-0.2, -0.15) is 0 Å². The summed E-state index contributed by atoms with van der Waals surface area (Å²) in [5.41, 5.74) is 0.672. The molecule has 43 heavy (non-hydrogen) atoms. The summed E-state index contributed by atoms with van der Waals surface area (Å²) in [4.78, 5) is 29.3. The van der Waals surface area contributed by atoms with Gasteiger partial charge < -0.3 is 10.2 Å². The van der Waals surface area contributed by atoms with E-state index in [-0.39, 0.29) is 39.1 Å². The number of carbonyl (C=O) groups is 2. The SMILES string of the molecule is CC[C@@H](C(=O)NC1CCCCC1)N(Cc1ccc(Cl)c(Cl)c1)C(=O)CN(c1cccc(Cl)c1Cl)S(=O)(=O)c1ccccc1. The molecule has 1 aliphatic carbocycles. The van der Waals surface area contributed by atoms with E-state index in [0.29, 0.717) is 22.0 Å². The van der Waals surface area contributed by atoms with Crippen LogP contribution in [0.5, 0.6) is 0 Å². The summed E-state index contributed by atoms with van der Waals surface area (Å²) < 4.78 is 28.9. The second-order valence-electron chi connectivity index (χ2n) is 10.4. The third kappa shape index (κ3) is 8.17. The lowest BCUT2D eigenvalue weighted by Crippen LogP contribution is -2.54. The number of benzene rings is 3. The number of nitrogens with zero attached hydrogens (tertiary/aromatic N) is 2. The van der Waals surface area contributed by atoms with E-state index in [2.05, 4.69) is 5.32 Å². The highest BCUT2D eigenvalue weighted by atomic mass is 35.5. The Bertz CT molecular complexity index is 1550. The topological polar surface area (TPSA) is 86.8 Å². The summed E-state index contributed by atoms with van der Waals surface area (Å²) in [6, 6.07) is 16.4. The Morgan fingerprint density at radius 2 is 1.58 bits per heavy atom. The van der Waals surface area contributed by atoms with Crippen LogP contribution in [0.1, 0.15) is 51.0 Å². The van der Waals surface area contributed by atoms with E-state index >= 15 is 0 Å². The first-order valence-corrected chi connectivity index (χ1v) is 17.0. The fourth-order valence-corrected chi connectivity index (χ4v) is 7.43. The van der Waals surface area contributed by atoms with Crippen LogP contribution in [0.2, 0.25) is 20.1 Å². The number of sulfonamides is 1. The molecule has 1 fully saturated rings. The highest BCUT2D eigenvalue weighted by molar-refractivity contribution is 7.92. The van der Waals surface area contributed by atoms with E-state index in [0.717, 1.165) is 36.4 Å². The summed E-state index contributed by atoms with van der Waals surface area (Å²) in [5, 5.41) is 3.88. The van der Waals surface area contributed by atoms with Crippen molar-refractivity contribution in [3.63, 3.8) is 0 Å². The summed E-state index contributed by atoms with van der Waals surface area (Å²) >= 11 is 25.2. The third-order valence-corrected chi connectivity index (χ3v) is 10.8. The molecule has 12 heteroatoms. The molecular formula is C31H33Cl4N3O4S. The molecule has 230 valence electrons. The first-order chi connectivity index (χ1) is 20.5. The second-order valence-corrected chi connectivity index (χ2v) is 13.9. The quantitative estimate of drug-likeness (QED) is 0.224. The number of rotatable bonds is 11. The largest absolute Gasteiger partial charge is 0.352 e. The molecule has 3 aromatic rings. The van der Waals surface area contributed by atoms with Gasteiger partial charge in [0.05, 0.1) is 30.7 Å². The summed E-state index contributed by atoms with van der Waals surface area (Å²) in [6.07, 6.45) is 5.23. The van der Waals surface area contributed by atoms with Crippen molar-refractivity contribution in [2.45, 2.75) is 69.0 Å². The lowest BCUT2D eigenvalue weighted by Gasteiger charge is -2.34. The van der Waals surface area contributed by atoms with Gasteiger partial charge in [-0.1, -0.05) is 103 Å². The zero-order chi connectivity index (χ0) is 31.1. The van der Waals surface area contributed by atoms with Crippen molar-refractivity contribution in [1.29, 1.82) is 0 Å². The highest BCUT2D eigenvalue weighted by Gasteiger charge is 2.35. The number of hydrogen-bond donors (Lipinski definition) is 1. The van der Waals surface area contributed by atoms with Crippen LogP contribution in [0.4, 0.5) is 5.69 Å². The van der Waals surface area contributed by atoms with Gasteiger partial charge in [0.15, 0.2) is 0 Å². The van der Waals surface area contributed by atoms with Gasteiger partial charge in [0, 0.05) is 12.6 Å². The molecule has 0 radical (unpaired) electrons. The monoisotopic (exact) mass is 683 g/mol. The molecule has 1 N–H and O–H groups in total. The standard InChI is InChI=1S/C31H33Cl4N3O4S/c1-2-27(31(40)36-22-10-5-3-6-11-22)37(19-21-16-17-24(32)26(34)18-21)29(39)20-38(28-15-9-14-25(33)30(28)35)43(41,42)23-12-7-4-8-13-23/h4,7-9,12-18,22,27H,2-3,5-6,10-11,19-20H2,1H3,(H,36,40)/t27-/m0/s1. The molecule has 0 aromatic heterocycles. The normalized spacial score (nSPS) is 14.6. The van der Waals surface area contributed by atoms with Crippen molar-refractivity contribution in [1.82, 2.24) is 10.2 Å². The molecule has 3 aromatic carbocycles. The average Bonchev–Trinajstić information content (AvgIpc) is 3.00. The fraction of sp³-hybridized carbons (Fsp3) is 0.355. The Labute approximate surface area is 273 Å². The number of nitrogens with one attached hydrogen (secondary N) is 1. The third-order valence-electron chi connectivity index (χ3n) is 7.48. The minimum absolute atomic E-state index is 0.00514. The molecule has 4 rings (SSSR count). The van der Waals surface area contributed by atoms with E-state index in [1.165, 1.54) is 29.2 Å². The predicted molar refractivity (Wildman–Crippen MR) is 174 cm³/mol. The van der Waals surface area contributed by atoms with Gasteiger partial charge in [-0.3, -0.25) is 13.9 Å². The van der Waals surface area contributed by atoms with E-state index < -0.39 is 28.5 Å². The Balaban J connectivity index is 1.74. The van der Waals surface area contributed by atoms with Crippen molar-refractivity contribution < 1.29 is 18.0 Å². The van der Waals surface area contributed by atoms with Gasteiger partial charge in [0.1, 0.15) is 12.6 Å². The van der Waals surface area contributed by atoms with Crippen LogP contribution in [0.25, 0.3) is 0 Å². The molecule has 0 saturated heterocycles. The van der Waals surface area contributed by atoms with Crippen LogP contribution in [0.3, 0.4) is 0 Å². The zero-order valence-corrected chi connectivity index (χ0v) is 27.5. The van der Waals surface area contributed by atoms with Gasteiger partial charge in [0.25, 0.3) is 10.0 Å². The number of carbonyl (C=O) groups excluding carboxylic acids is 2. The predicted octanol–water partition coefficient (Wildman–Crippen LogP) is 7.75. The van der Waals surface area contributed by atoms with Crippen LogP contribution < -0.4 is 9.62 Å². The first-order valence-electron chi connectivity index (χ1n) is 14.1. The van der Waals surface area contributed by atoms with E-state index in [4.69, 9.17) is 46.4 Å². The Morgan fingerprint density at radius 3 is 2.23 bits per heavy atom. The summed E-state index contributed by atoms with van der Waals surface area (Å²) in [6.45, 7) is 1.17. The van der Waals surface area contributed by atoms with Crippen molar-refractivity contribution in [2.24, 2.45) is 0 Å². The van der Waals surface area contributed by atoms with Crippen LogP contribution in [0.15, 0.2) is 71.6 Å². The molecule has 0 aliphatic heterocycles. The van der Waals surface area contributed by atoms with Crippen LogP contribution in [-0.2, 0) is 26.2 Å². The van der Waals surface area contributed by atoms with Gasteiger partial charge in [-0.05, 0) is 61.2 Å². The Hall–Kier alpha value is -2.49. The van der Waals surface area contributed by atoms with Crippen LogP contribution >= 0.6 is 46.4 Å². The maximum Gasteiger partial charge on any atom is 0.264 e. The fourth-order valence-electron chi connectivity index (χ4n) is 5.22. The van der Waals surface area contributed by atoms with Crippen molar-refractivity contribution in [3.8, 4) is 0 Å². The minimum atomic E-state index is -4.28. The van der Waals surface area contributed by atoms with Crippen LogP contribution in [-0.4, -0.2) is 43.8 Å². The molecule has 0 unspecified atom stereocenters. The number of anilines is 1. The van der Waals surface area contributed by atoms with E-state index in [9.17, 15) is 18.0 Å². The van der Waals surface area contributed by atoms with E-state index in [1.54, 1.807) is 42.5 Å². The first kappa shape index (κ1) is 33.4. The van der Waals surface area contributed by atoms with Crippen LogP contribution in [0, 0.1) is 0 Å². The molecular weight excluding hydrogens is 652 g/mol. The number of amides is 2. The van der Waals surface area contributed by atoms with Crippen molar-refractivity contribution in [3.05, 3.63) is 92.4 Å². The van der Waals surface area contributed by atoms with Gasteiger partial charge in [0.2, 0.25) is 11.8 Å². The highest BCUT2D eigenvalue weighted by Crippen LogP contribution is 2.36. The zero-order valence-electron chi connectivity index (χ0n) is 23.6. The summed E-state index contributed by atoms with van der Waals surface area (Å²) in [5.74, 6) is -0.895. The lowest BCUT2D eigenvalue weighted by molar-refractivity contribution is -0.140. The second kappa shape index (κ2) is 15.0. The lowest BCUT2D eigenvalue weighted by atomic mass is 9.95. The number of hydrogen-bond acceptors (Lipinski definition) is 4. The number of halogens is 4. The smallest absolute Gasteiger partial charge is 0.264 e. The molecule has 1 atom stereocenters. The summed E-state index contributed by atoms with van der Waals surface area (Å²) in [7, 11) is -4.28. The molecule has 0 heterocycles. The maximum atomic E-state index is 14.3. The molecule has 2 amide bonds. The van der Waals surface area contributed by atoms with Crippen molar-refractivity contribution >= 4 is 73.9 Å². The minimum Gasteiger partial charge on any atom is -0.352 e. The Kier molecular flexibility index (Phi) is 11.6. The van der Waals surface area contributed by atoms with Crippen molar-refractivity contribution in [2.75, 3.05) is 10.8 Å². The molecule has 1 saturated carbocycles. The molecule has 7 nitrogen and oxygen atoms in total. The Morgan fingerprint density at radius 1 is 0.884 bits per heavy atom. The average molecular weight is 686 g/mol. The molecule has 0 bridgehead atoms.